The standard InChI is InChI=1S/C15H24O6/c1-2-3-4-5-6-7-13(17)21-10-12(16)15(19)11-8-14(18)20-9-11/h8,12,15-16,19H,2-7,9-10H2,1H3/t12-,15-/m1/s1. The number of aliphatic hydroxyl groups is 2. The van der Waals surface area contributed by atoms with Crippen molar-refractivity contribution in [3.63, 3.8) is 0 Å². The molecule has 0 unspecified atom stereocenters. The summed E-state index contributed by atoms with van der Waals surface area (Å²) in [5.41, 5.74) is 0.295. The third-order valence-corrected chi connectivity index (χ3v) is 3.33. The zero-order chi connectivity index (χ0) is 15.7. The summed E-state index contributed by atoms with van der Waals surface area (Å²) in [6.45, 7) is 1.79. The van der Waals surface area contributed by atoms with Crippen molar-refractivity contribution in [3.05, 3.63) is 11.6 Å². The summed E-state index contributed by atoms with van der Waals surface area (Å²) in [5.74, 6) is -0.925. The summed E-state index contributed by atoms with van der Waals surface area (Å²) >= 11 is 0. The quantitative estimate of drug-likeness (QED) is 0.463. The van der Waals surface area contributed by atoms with Gasteiger partial charge in [0.2, 0.25) is 0 Å². The summed E-state index contributed by atoms with van der Waals surface area (Å²) in [7, 11) is 0. The van der Waals surface area contributed by atoms with E-state index in [1.54, 1.807) is 0 Å². The van der Waals surface area contributed by atoms with E-state index in [1.807, 2.05) is 0 Å². The molecule has 0 bridgehead atoms. The molecule has 0 aliphatic carbocycles. The lowest BCUT2D eigenvalue weighted by Crippen LogP contribution is -2.33. The van der Waals surface area contributed by atoms with Crippen LogP contribution in [-0.4, -0.2) is 47.6 Å². The van der Waals surface area contributed by atoms with E-state index in [1.165, 1.54) is 0 Å². The molecule has 0 saturated carbocycles. The molecule has 1 heterocycles. The van der Waals surface area contributed by atoms with Crippen LogP contribution in [0.3, 0.4) is 0 Å². The first-order chi connectivity index (χ1) is 10.0. The lowest BCUT2D eigenvalue weighted by Gasteiger charge is -2.18. The maximum absolute atomic E-state index is 11.5. The summed E-state index contributed by atoms with van der Waals surface area (Å²) < 4.78 is 9.55. The summed E-state index contributed by atoms with van der Waals surface area (Å²) in [4.78, 5) is 22.3. The second-order valence-corrected chi connectivity index (χ2v) is 5.19. The number of ether oxygens (including phenoxy) is 2. The molecule has 0 aromatic heterocycles. The molecule has 120 valence electrons. The van der Waals surface area contributed by atoms with Gasteiger partial charge in [-0.25, -0.2) is 4.79 Å². The Balaban J connectivity index is 2.17. The number of esters is 2. The molecular formula is C15H24O6. The zero-order valence-electron chi connectivity index (χ0n) is 12.4. The predicted octanol–water partition coefficient (Wildman–Crippen LogP) is 1.10. The number of unbranched alkanes of at least 4 members (excludes halogenated alkanes) is 4. The minimum absolute atomic E-state index is 0.0393. The number of cyclic esters (lactones) is 1. The molecule has 21 heavy (non-hydrogen) atoms. The van der Waals surface area contributed by atoms with E-state index in [0.29, 0.717) is 12.0 Å². The van der Waals surface area contributed by atoms with Gasteiger partial charge >= 0.3 is 11.9 Å². The van der Waals surface area contributed by atoms with Crippen LogP contribution in [0.15, 0.2) is 11.6 Å². The SMILES string of the molecule is CCCCCCCC(=O)OC[C@@H](O)[C@H](O)C1=CC(=O)OC1. The normalized spacial score (nSPS) is 17.1. The average molecular weight is 300 g/mol. The van der Waals surface area contributed by atoms with Crippen molar-refractivity contribution in [1.82, 2.24) is 0 Å². The Bertz CT molecular complexity index is 376. The first-order valence-corrected chi connectivity index (χ1v) is 7.43. The predicted molar refractivity (Wildman–Crippen MR) is 75.4 cm³/mol. The van der Waals surface area contributed by atoms with Crippen molar-refractivity contribution in [2.45, 2.75) is 57.7 Å². The van der Waals surface area contributed by atoms with Crippen LogP contribution in [-0.2, 0) is 19.1 Å². The highest BCUT2D eigenvalue weighted by Gasteiger charge is 2.26. The van der Waals surface area contributed by atoms with Crippen LogP contribution >= 0.6 is 0 Å². The Labute approximate surface area is 124 Å². The highest BCUT2D eigenvalue weighted by Crippen LogP contribution is 2.14. The van der Waals surface area contributed by atoms with Crippen LogP contribution in [0.25, 0.3) is 0 Å². The van der Waals surface area contributed by atoms with Gasteiger partial charge < -0.3 is 19.7 Å². The van der Waals surface area contributed by atoms with E-state index >= 15 is 0 Å². The monoisotopic (exact) mass is 300 g/mol. The lowest BCUT2D eigenvalue weighted by molar-refractivity contribution is -0.148. The highest BCUT2D eigenvalue weighted by atomic mass is 16.5. The van der Waals surface area contributed by atoms with Crippen molar-refractivity contribution in [2.75, 3.05) is 13.2 Å². The summed E-state index contributed by atoms with van der Waals surface area (Å²) in [6, 6.07) is 0. The largest absolute Gasteiger partial charge is 0.463 e. The third kappa shape index (κ3) is 6.73. The molecule has 0 radical (unpaired) electrons. The van der Waals surface area contributed by atoms with E-state index in [-0.39, 0.29) is 19.2 Å². The molecule has 0 fully saturated rings. The molecule has 6 nitrogen and oxygen atoms in total. The van der Waals surface area contributed by atoms with Gasteiger partial charge in [0.25, 0.3) is 0 Å². The van der Waals surface area contributed by atoms with Crippen LogP contribution < -0.4 is 0 Å². The van der Waals surface area contributed by atoms with Crippen LogP contribution in [0.5, 0.6) is 0 Å². The van der Waals surface area contributed by atoms with Crippen molar-refractivity contribution in [2.24, 2.45) is 0 Å². The summed E-state index contributed by atoms with van der Waals surface area (Å²) in [5, 5.41) is 19.5. The smallest absolute Gasteiger partial charge is 0.331 e. The van der Waals surface area contributed by atoms with Gasteiger partial charge in [-0.3, -0.25) is 4.79 Å². The Hall–Kier alpha value is -1.40. The topological polar surface area (TPSA) is 93.1 Å². The molecule has 1 aliphatic rings. The Morgan fingerprint density at radius 1 is 1.33 bits per heavy atom. The van der Waals surface area contributed by atoms with E-state index < -0.39 is 18.2 Å². The average Bonchev–Trinajstić information content (AvgIpc) is 2.90. The Kier molecular flexibility index (Phi) is 8.00. The van der Waals surface area contributed by atoms with E-state index in [9.17, 15) is 19.8 Å². The summed E-state index contributed by atoms with van der Waals surface area (Å²) in [6.07, 6.45) is 4.12. The second-order valence-electron chi connectivity index (χ2n) is 5.19. The number of rotatable bonds is 10. The minimum Gasteiger partial charge on any atom is -0.463 e. The van der Waals surface area contributed by atoms with Crippen LogP contribution in [0, 0.1) is 0 Å². The van der Waals surface area contributed by atoms with Gasteiger partial charge in [0, 0.05) is 18.1 Å². The fourth-order valence-corrected chi connectivity index (χ4v) is 2.02. The fraction of sp³-hybridized carbons (Fsp3) is 0.733. The highest BCUT2D eigenvalue weighted by molar-refractivity contribution is 5.85. The maximum Gasteiger partial charge on any atom is 0.331 e. The van der Waals surface area contributed by atoms with Gasteiger partial charge in [-0.1, -0.05) is 32.6 Å². The number of carbonyl (C=O) groups excluding carboxylic acids is 2. The molecular weight excluding hydrogens is 276 g/mol. The molecule has 6 heteroatoms. The molecule has 0 aromatic carbocycles. The minimum atomic E-state index is -1.26. The maximum atomic E-state index is 11.5. The second kappa shape index (κ2) is 9.52. The molecule has 0 spiro atoms. The van der Waals surface area contributed by atoms with Crippen molar-refractivity contribution in [1.29, 1.82) is 0 Å². The molecule has 2 atom stereocenters. The molecule has 0 aromatic rings. The van der Waals surface area contributed by atoms with Gasteiger partial charge in [-0.05, 0) is 6.42 Å². The number of carbonyl (C=O) groups is 2. The lowest BCUT2D eigenvalue weighted by atomic mass is 10.1. The zero-order valence-corrected chi connectivity index (χ0v) is 12.4. The van der Waals surface area contributed by atoms with Gasteiger partial charge in [-0.15, -0.1) is 0 Å². The van der Waals surface area contributed by atoms with Crippen LogP contribution in [0.2, 0.25) is 0 Å². The van der Waals surface area contributed by atoms with Gasteiger partial charge in [-0.2, -0.15) is 0 Å². The van der Waals surface area contributed by atoms with E-state index in [0.717, 1.165) is 38.2 Å². The number of aliphatic hydroxyl groups excluding tert-OH is 2. The first-order valence-electron chi connectivity index (χ1n) is 7.43. The van der Waals surface area contributed by atoms with Crippen LogP contribution in [0.4, 0.5) is 0 Å². The van der Waals surface area contributed by atoms with Crippen molar-refractivity contribution in [3.8, 4) is 0 Å². The van der Waals surface area contributed by atoms with Crippen molar-refractivity contribution < 1.29 is 29.3 Å². The molecule has 1 aliphatic heterocycles. The Morgan fingerprint density at radius 2 is 2.05 bits per heavy atom. The van der Waals surface area contributed by atoms with E-state index in [4.69, 9.17) is 4.74 Å². The first kappa shape index (κ1) is 17.7. The Morgan fingerprint density at radius 3 is 2.67 bits per heavy atom. The molecule has 0 saturated heterocycles. The van der Waals surface area contributed by atoms with Gasteiger partial charge in [0.05, 0.1) is 0 Å². The van der Waals surface area contributed by atoms with Crippen LogP contribution in [0.1, 0.15) is 45.4 Å². The molecule has 2 N–H and O–H groups in total. The van der Waals surface area contributed by atoms with Gasteiger partial charge in [0.15, 0.2) is 0 Å². The molecule has 1 rings (SSSR count). The number of hydrogen-bond acceptors (Lipinski definition) is 6. The fourth-order valence-electron chi connectivity index (χ4n) is 2.02. The molecule has 0 amide bonds. The van der Waals surface area contributed by atoms with Gasteiger partial charge in [0.1, 0.15) is 25.4 Å². The van der Waals surface area contributed by atoms with Crippen molar-refractivity contribution >= 4 is 11.9 Å². The van der Waals surface area contributed by atoms with E-state index in [2.05, 4.69) is 11.7 Å². The number of hydrogen-bond donors (Lipinski definition) is 2. The third-order valence-electron chi connectivity index (χ3n) is 3.33.